The van der Waals surface area contributed by atoms with Gasteiger partial charge in [-0.1, -0.05) is 30.8 Å². The maximum atomic E-state index is 10.3. The summed E-state index contributed by atoms with van der Waals surface area (Å²) in [6, 6.07) is 8.02. The quantitative estimate of drug-likeness (QED) is 0.798. The number of rotatable bonds is 2. The summed E-state index contributed by atoms with van der Waals surface area (Å²) in [5.74, 6) is 0. The van der Waals surface area contributed by atoms with E-state index in [9.17, 15) is 5.11 Å². The number of benzene rings is 1. The normalized spacial score (nSPS) is 18.6. The molecular weight excluding hydrogens is 212 g/mol. The molecule has 3 rings (SSSR count). The molecule has 1 aromatic carbocycles. The molecule has 0 fully saturated rings. The molecule has 0 bridgehead atoms. The lowest BCUT2D eigenvalue weighted by Gasteiger charge is -2.21. The summed E-state index contributed by atoms with van der Waals surface area (Å²) in [5.41, 5.74) is 4.12. The smallest absolute Gasteiger partial charge is 0.0994 e. The van der Waals surface area contributed by atoms with Crippen LogP contribution in [0.3, 0.4) is 0 Å². The number of hydrogen-bond acceptors (Lipinski definition) is 2. The summed E-state index contributed by atoms with van der Waals surface area (Å²) in [6.45, 7) is 5.70. The first kappa shape index (κ1) is 10.3. The molecule has 0 radical (unpaired) electrons. The molecule has 0 saturated heterocycles. The van der Waals surface area contributed by atoms with E-state index in [0.29, 0.717) is 0 Å². The molecule has 3 heteroatoms. The zero-order chi connectivity index (χ0) is 12.0. The average molecular weight is 226 g/mol. The van der Waals surface area contributed by atoms with Gasteiger partial charge in [-0.2, -0.15) is 0 Å². The fraction of sp³-hybridized carbons (Fsp3) is 0.214. The third-order valence-corrected chi connectivity index (χ3v) is 3.33. The Morgan fingerprint density at radius 2 is 2.24 bits per heavy atom. The molecule has 1 aliphatic rings. The molecule has 0 aliphatic carbocycles. The molecule has 86 valence electrons. The number of aliphatic hydroxyl groups excluding tert-OH is 1. The monoisotopic (exact) mass is 226 g/mol. The number of aliphatic hydroxyl groups is 1. The topological polar surface area (TPSA) is 38.1 Å². The van der Waals surface area contributed by atoms with E-state index >= 15 is 0 Å². The lowest BCUT2D eigenvalue weighted by atomic mass is 9.96. The number of aromatic nitrogens is 2. The van der Waals surface area contributed by atoms with Gasteiger partial charge in [0.05, 0.1) is 30.4 Å². The molecule has 2 aromatic rings. The van der Waals surface area contributed by atoms with Gasteiger partial charge < -0.3 is 9.67 Å². The number of fused-ring (bicyclic) bond motifs is 3. The third-order valence-electron chi connectivity index (χ3n) is 3.33. The minimum absolute atomic E-state index is 0.0961. The van der Waals surface area contributed by atoms with Crippen molar-refractivity contribution >= 4 is 0 Å². The Morgan fingerprint density at radius 1 is 1.47 bits per heavy atom. The van der Waals surface area contributed by atoms with Crippen LogP contribution in [0.25, 0.3) is 11.3 Å². The van der Waals surface area contributed by atoms with Gasteiger partial charge in [0.1, 0.15) is 0 Å². The summed E-state index contributed by atoms with van der Waals surface area (Å²) in [7, 11) is 0. The SMILES string of the molecule is C=C(C)[C@@H](O)[C@@H]1c2ccccc2-c2cncn21. The Hall–Kier alpha value is -1.87. The Kier molecular flexibility index (Phi) is 2.16. The molecule has 2 heterocycles. The third kappa shape index (κ3) is 1.36. The Morgan fingerprint density at radius 3 is 3.00 bits per heavy atom. The lowest BCUT2D eigenvalue weighted by Crippen LogP contribution is -2.23. The summed E-state index contributed by atoms with van der Waals surface area (Å²) in [6.07, 6.45) is 3.03. The molecule has 17 heavy (non-hydrogen) atoms. The van der Waals surface area contributed by atoms with Gasteiger partial charge in [0.25, 0.3) is 0 Å². The summed E-state index contributed by atoms with van der Waals surface area (Å²) in [5, 5.41) is 10.3. The van der Waals surface area contributed by atoms with Crippen LogP contribution in [0, 0.1) is 0 Å². The number of hydrogen-bond donors (Lipinski definition) is 1. The molecule has 0 spiro atoms. The Bertz CT molecular complexity index is 585. The Labute approximate surface area is 100 Å². The maximum absolute atomic E-state index is 10.3. The number of imidazole rings is 1. The predicted molar refractivity (Wildman–Crippen MR) is 66.6 cm³/mol. The second-order valence-corrected chi connectivity index (χ2v) is 4.51. The van der Waals surface area contributed by atoms with Crippen molar-refractivity contribution in [1.82, 2.24) is 9.55 Å². The van der Waals surface area contributed by atoms with Crippen molar-refractivity contribution < 1.29 is 5.11 Å². The van der Waals surface area contributed by atoms with Crippen molar-refractivity contribution in [2.45, 2.75) is 19.1 Å². The fourth-order valence-corrected chi connectivity index (χ4v) is 2.46. The van der Waals surface area contributed by atoms with Crippen molar-refractivity contribution in [2.75, 3.05) is 0 Å². The van der Waals surface area contributed by atoms with Crippen LogP contribution in [0.2, 0.25) is 0 Å². The van der Waals surface area contributed by atoms with Crippen LogP contribution in [0.15, 0.2) is 48.9 Å². The maximum Gasteiger partial charge on any atom is 0.0994 e. The van der Waals surface area contributed by atoms with E-state index < -0.39 is 6.10 Å². The van der Waals surface area contributed by atoms with E-state index in [0.717, 1.165) is 22.4 Å². The van der Waals surface area contributed by atoms with E-state index in [1.807, 2.05) is 29.8 Å². The van der Waals surface area contributed by atoms with Crippen molar-refractivity contribution in [3.63, 3.8) is 0 Å². The average Bonchev–Trinajstić information content (AvgIpc) is 2.87. The van der Waals surface area contributed by atoms with Crippen LogP contribution in [0.1, 0.15) is 18.5 Å². The molecule has 0 saturated carbocycles. The van der Waals surface area contributed by atoms with Crippen molar-refractivity contribution in [1.29, 1.82) is 0 Å². The minimum Gasteiger partial charge on any atom is -0.386 e. The molecule has 0 amide bonds. The van der Waals surface area contributed by atoms with Crippen molar-refractivity contribution in [2.24, 2.45) is 0 Å². The number of nitrogens with zero attached hydrogens (tertiary/aromatic N) is 2. The second-order valence-electron chi connectivity index (χ2n) is 4.51. The molecule has 1 N–H and O–H groups in total. The van der Waals surface area contributed by atoms with Crippen LogP contribution in [0.4, 0.5) is 0 Å². The van der Waals surface area contributed by atoms with Crippen LogP contribution in [-0.4, -0.2) is 20.8 Å². The van der Waals surface area contributed by atoms with Crippen LogP contribution >= 0.6 is 0 Å². The van der Waals surface area contributed by atoms with Crippen molar-refractivity contribution in [3.8, 4) is 11.3 Å². The van der Waals surface area contributed by atoms with Gasteiger partial charge in [0.15, 0.2) is 0 Å². The molecule has 0 unspecified atom stereocenters. The molecule has 1 aromatic heterocycles. The van der Waals surface area contributed by atoms with Crippen LogP contribution < -0.4 is 0 Å². The molecule has 2 atom stereocenters. The first-order chi connectivity index (χ1) is 8.20. The van der Waals surface area contributed by atoms with Gasteiger partial charge in [-0.3, -0.25) is 0 Å². The van der Waals surface area contributed by atoms with Gasteiger partial charge in [-0.05, 0) is 18.1 Å². The first-order valence-corrected chi connectivity index (χ1v) is 5.64. The summed E-state index contributed by atoms with van der Waals surface area (Å²) in [4.78, 5) is 4.16. The fourth-order valence-electron chi connectivity index (χ4n) is 2.46. The highest BCUT2D eigenvalue weighted by Crippen LogP contribution is 2.41. The molecule has 1 aliphatic heterocycles. The molecule has 3 nitrogen and oxygen atoms in total. The Balaban J connectivity index is 2.21. The summed E-state index contributed by atoms with van der Waals surface area (Å²) >= 11 is 0. The van der Waals surface area contributed by atoms with Crippen LogP contribution in [-0.2, 0) is 0 Å². The summed E-state index contributed by atoms with van der Waals surface area (Å²) < 4.78 is 2.02. The van der Waals surface area contributed by atoms with Gasteiger partial charge in [-0.15, -0.1) is 0 Å². The van der Waals surface area contributed by atoms with E-state index in [1.165, 1.54) is 0 Å². The zero-order valence-corrected chi connectivity index (χ0v) is 9.67. The van der Waals surface area contributed by atoms with Crippen molar-refractivity contribution in [3.05, 3.63) is 54.5 Å². The zero-order valence-electron chi connectivity index (χ0n) is 9.67. The van der Waals surface area contributed by atoms with E-state index in [2.05, 4.69) is 23.7 Å². The second kappa shape index (κ2) is 3.57. The van der Waals surface area contributed by atoms with E-state index in [4.69, 9.17) is 0 Å². The molecular formula is C14H14N2O. The predicted octanol–water partition coefficient (Wildman–Crippen LogP) is 2.39. The van der Waals surface area contributed by atoms with E-state index in [1.54, 1.807) is 6.33 Å². The standard InChI is InChI=1S/C14H14N2O/c1-9(2)14(17)13-11-6-4-3-5-10(11)12-7-15-8-16(12)13/h3-8,13-14,17H,1H2,2H3/t13-,14+/m0/s1. The highest BCUT2D eigenvalue weighted by atomic mass is 16.3. The first-order valence-electron chi connectivity index (χ1n) is 5.64. The van der Waals surface area contributed by atoms with Gasteiger partial charge >= 0.3 is 0 Å². The van der Waals surface area contributed by atoms with E-state index in [-0.39, 0.29) is 6.04 Å². The minimum atomic E-state index is -0.577. The highest BCUT2D eigenvalue weighted by molar-refractivity contribution is 5.69. The highest BCUT2D eigenvalue weighted by Gasteiger charge is 2.33. The van der Waals surface area contributed by atoms with Gasteiger partial charge in [-0.25, -0.2) is 4.98 Å². The van der Waals surface area contributed by atoms with Gasteiger partial charge in [0, 0.05) is 5.56 Å². The van der Waals surface area contributed by atoms with Crippen LogP contribution in [0.5, 0.6) is 0 Å². The largest absolute Gasteiger partial charge is 0.386 e. The van der Waals surface area contributed by atoms with Gasteiger partial charge in [0.2, 0.25) is 0 Å². The lowest BCUT2D eigenvalue weighted by molar-refractivity contribution is 0.168.